The number of hydrogen-bond donors (Lipinski definition) is 3. The van der Waals surface area contributed by atoms with Crippen molar-refractivity contribution in [2.24, 2.45) is 32.5 Å². The van der Waals surface area contributed by atoms with Crippen LogP contribution in [0, 0.1) is 32.5 Å². The van der Waals surface area contributed by atoms with Crippen LogP contribution in [-0.2, 0) is 33.8 Å². The van der Waals surface area contributed by atoms with Crippen LogP contribution in [0.25, 0.3) is 0 Å². The molecule has 17 nitrogen and oxygen atoms in total. The monoisotopic (exact) mass is 901 g/mol. The van der Waals surface area contributed by atoms with Crippen LogP contribution in [0.5, 0.6) is 0 Å². The predicted molar refractivity (Wildman–Crippen MR) is 244 cm³/mol. The third-order valence-corrected chi connectivity index (χ3v) is 14.0. The zero-order chi connectivity index (χ0) is 47.0. The van der Waals surface area contributed by atoms with Crippen molar-refractivity contribution in [2.45, 2.75) is 178 Å². The minimum absolute atomic E-state index is 0.0388. The molecule has 4 unspecified atom stereocenters. The van der Waals surface area contributed by atoms with Crippen LogP contribution < -0.4 is 33.0 Å². The van der Waals surface area contributed by atoms with E-state index < -0.39 is 51.6 Å². The number of hydrogen-bond acceptors (Lipinski definition) is 11. The van der Waals surface area contributed by atoms with E-state index in [0.717, 1.165) is 26.2 Å². The van der Waals surface area contributed by atoms with Gasteiger partial charge in [-0.3, -0.25) is 9.80 Å². The summed E-state index contributed by atoms with van der Waals surface area (Å²) in [6, 6.07) is -0.778. The summed E-state index contributed by atoms with van der Waals surface area (Å²) < 4.78 is 20.3. The number of nitrogens with one attached hydrogen (secondary N) is 3. The highest BCUT2D eigenvalue weighted by molar-refractivity contribution is 5.68. The van der Waals surface area contributed by atoms with E-state index in [2.05, 4.69) is 81.1 Å². The lowest BCUT2D eigenvalue weighted by Gasteiger charge is -2.48. The van der Waals surface area contributed by atoms with Crippen molar-refractivity contribution in [3.63, 3.8) is 0 Å². The Labute approximate surface area is 379 Å². The molecule has 5 fully saturated rings. The molecule has 2 saturated heterocycles. The number of nitrogens with zero attached hydrogens (tertiary/aromatic N) is 5. The minimum atomic E-state index is -0.665. The molecular weight excluding hydrogens is 821 g/mol. The van der Waals surface area contributed by atoms with Crippen LogP contribution in [0.3, 0.4) is 0 Å². The van der Waals surface area contributed by atoms with E-state index >= 15 is 0 Å². The summed E-state index contributed by atoms with van der Waals surface area (Å²) in [4.78, 5) is 88.1. The van der Waals surface area contributed by atoms with Crippen molar-refractivity contribution < 1.29 is 28.6 Å². The fourth-order valence-corrected chi connectivity index (χ4v) is 12.8. The fraction of sp³-hybridized carbons (Fsp3) is 0.872. The zero-order valence-corrected chi connectivity index (χ0v) is 40.9. The average Bonchev–Trinajstić information content (AvgIpc) is 4.05. The molecule has 6 atom stereocenters. The molecule has 1 aromatic heterocycles. The van der Waals surface area contributed by atoms with Crippen molar-refractivity contribution in [3.8, 4) is 0 Å². The predicted octanol–water partition coefficient (Wildman–Crippen LogP) is 5.14. The first-order chi connectivity index (χ1) is 29.6. The van der Waals surface area contributed by atoms with E-state index in [1.165, 1.54) is 13.7 Å². The van der Waals surface area contributed by atoms with E-state index in [-0.39, 0.29) is 60.1 Å². The lowest BCUT2D eigenvalue weighted by atomic mass is 9.62. The first-order valence-corrected chi connectivity index (χ1v) is 23.9. The molecule has 64 heavy (non-hydrogen) atoms. The summed E-state index contributed by atoms with van der Waals surface area (Å²) in [6.07, 6.45) is 3.86. The van der Waals surface area contributed by atoms with Crippen LogP contribution in [0.1, 0.15) is 134 Å². The topological polar surface area (TPSA) is 187 Å². The Hall–Kier alpha value is -3.86. The van der Waals surface area contributed by atoms with Gasteiger partial charge in [-0.25, -0.2) is 42.5 Å². The number of carbonyl (C=O) groups is 3. The van der Waals surface area contributed by atoms with E-state index in [4.69, 9.17) is 14.2 Å². The summed E-state index contributed by atoms with van der Waals surface area (Å²) in [5.74, 6) is 0. The Morgan fingerprint density at radius 1 is 0.516 bits per heavy atom. The highest BCUT2D eigenvalue weighted by atomic mass is 16.6. The van der Waals surface area contributed by atoms with Crippen molar-refractivity contribution in [1.82, 2.24) is 39.5 Å². The third kappa shape index (κ3) is 13.8. The molecule has 5 aliphatic rings. The summed E-state index contributed by atoms with van der Waals surface area (Å²) in [7, 11) is 0. The van der Waals surface area contributed by atoms with Crippen molar-refractivity contribution in [2.75, 3.05) is 52.5 Å². The quantitative estimate of drug-likeness (QED) is 0.147. The molecule has 3 N–H and O–H groups in total. The standard InChI is InChI=1S/C47H80N8O9/c1-32(2)64-38(58)50-35-22-44(7,8)28-47(11,25-35)31-55-40(60)53(29-45(9)23-33(20-42(3,4)26-45)48-36(56)62-18-16-51-12-13-51)39(59)54(41(55)61)30-46(10)24-34(21-43(5,6)27-46)49-37(57)63-19-17-52-14-15-52/h32-35H,12-31H2,1-11H3,(H,48,56)(H,49,57)(H,50,58)/t33-,34+,35?,45?,46?,47?. The van der Waals surface area contributed by atoms with Gasteiger partial charge in [0.2, 0.25) is 0 Å². The van der Waals surface area contributed by atoms with E-state index in [1.54, 1.807) is 13.8 Å². The number of aromatic nitrogens is 3. The zero-order valence-electron chi connectivity index (χ0n) is 40.9. The van der Waals surface area contributed by atoms with Crippen molar-refractivity contribution >= 4 is 18.3 Å². The van der Waals surface area contributed by atoms with E-state index in [0.29, 0.717) is 84.1 Å². The Bertz CT molecular complexity index is 1940. The largest absolute Gasteiger partial charge is 0.448 e. The van der Waals surface area contributed by atoms with Crippen LogP contribution in [0.2, 0.25) is 0 Å². The molecule has 0 aromatic carbocycles. The van der Waals surface area contributed by atoms with Gasteiger partial charge in [-0.15, -0.1) is 0 Å². The highest BCUT2D eigenvalue weighted by Crippen LogP contribution is 2.49. The van der Waals surface area contributed by atoms with Gasteiger partial charge in [-0.1, -0.05) is 62.3 Å². The normalized spacial score (nSPS) is 30.8. The van der Waals surface area contributed by atoms with Gasteiger partial charge < -0.3 is 30.2 Å². The molecule has 362 valence electrons. The molecule has 17 heteroatoms. The van der Waals surface area contributed by atoms with Gasteiger partial charge in [0.1, 0.15) is 13.2 Å². The number of carbonyl (C=O) groups excluding carboxylic acids is 3. The maximum absolute atomic E-state index is 15.0. The molecule has 3 aliphatic carbocycles. The number of alkyl carbamates (subject to hydrolysis) is 3. The molecule has 0 spiro atoms. The second kappa shape index (κ2) is 18.8. The van der Waals surface area contributed by atoms with Crippen LogP contribution in [0.15, 0.2) is 14.4 Å². The Balaban J connectivity index is 1.33. The highest BCUT2D eigenvalue weighted by Gasteiger charge is 2.47. The van der Waals surface area contributed by atoms with Gasteiger partial charge in [-0.2, -0.15) is 0 Å². The number of rotatable bonds is 16. The molecular formula is C47H80N8O9. The SMILES string of the molecule is CC(C)OC(=O)NC1CC(C)(C)CC(C)(Cn2c(=O)n(CC3(C)C[C@H](NC(=O)OCCN4CC4)CC(C)(C)C3)c(=O)n(CC3(C)C[C@@H](NC(=O)OCCN4CC4)CC(C)(C)C3)c2=O)C1. The van der Waals surface area contributed by atoms with Gasteiger partial charge in [-0.05, 0) is 104 Å². The molecule has 6 rings (SSSR count). The smallest absolute Gasteiger partial charge is 0.407 e. The van der Waals surface area contributed by atoms with Crippen LogP contribution in [-0.4, -0.2) is 118 Å². The molecule has 3 heterocycles. The van der Waals surface area contributed by atoms with Gasteiger partial charge in [0.15, 0.2) is 0 Å². The Morgan fingerprint density at radius 3 is 1.09 bits per heavy atom. The number of ether oxygens (including phenoxy) is 3. The summed E-state index contributed by atoms with van der Waals surface area (Å²) in [5.41, 5.74) is -4.59. The Morgan fingerprint density at radius 2 is 0.812 bits per heavy atom. The summed E-state index contributed by atoms with van der Waals surface area (Å²) in [6.45, 7) is 28.7. The van der Waals surface area contributed by atoms with Crippen LogP contribution >= 0.6 is 0 Å². The number of amides is 3. The van der Waals surface area contributed by atoms with E-state index in [9.17, 15) is 28.8 Å². The molecule has 0 radical (unpaired) electrons. The average molecular weight is 901 g/mol. The second-order valence-corrected chi connectivity index (χ2v) is 24.2. The summed E-state index contributed by atoms with van der Waals surface area (Å²) >= 11 is 0. The van der Waals surface area contributed by atoms with Crippen LogP contribution in [0.4, 0.5) is 14.4 Å². The second-order valence-electron chi connectivity index (χ2n) is 24.2. The fourth-order valence-electron chi connectivity index (χ4n) is 12.8. The lowest BCUT2D eigenvalue weighted by molar-refractivity contribution is 0.0390. The molecule has 2 aliphatic heterocycles. The summed E-state index contributed by atoms with van der Waals surface area (Å²) in [5, 5.41) is 9.21. The molecule has 3 amide bonds. The Kier molecular flexibility index (Phi) is 14.6. The first-order valence-electron chi connectivity index (χ1n) is 23.9. The van der Waals surface area contributed by atoms with Crippen molar-refractivity contribution in [1.29, 1.82) is 0 Å². The third-order valence-electron chi connectivity index (χ3n) is 14.0. The van der Waals surface area contributed by atoms with Gasteiger partial charge >= 0.3 is 35.3 Å². The van der Waals surface area contributed by atoms with Gasteiger partial charge in [0, 0.05) is 77.0 Å². The molecule has 1 aromatic rings. The molecule has 0 bridgehead atoms. The van der Waals surface area contributed by atoms with Gasteiger partial charge in [0.05, 0.1) is 6.10 Å². The maximum Gasteiger partial charge on any atom is 0.407 e. The maximum atomic E-state index is 15.0. The first kappa shape index (κ1) is 49.6. The van der Waals surface area contributed by atoms with E-state index in [1.807, 2.05) is 6.92 Å². The lowest BCUT2D eigenvalue weighted by Crippen LogP contribution is -2.60. The minimum Gasteiger partial charge on any atom is -0.448 e. The van der Waals surface area contributed by atoms with Crippen molar-refractivity contribution in [3.05, 3.63) is 31.5 Å². The molecule has 3 saturated carbocycles. The van der Waals surface area contributed by atoms with Gasteiger partial charge in [0.25, 0.3) is 0 Å².